The summed E-state index contributed by atoms with van der Waals surface area (Å²) in [6, 6.07) is 7.48. The summed E-state index contributed by atoms with van der Waals surface area (Å²) in [5.74, 6) is -3.96. The highest BCUT2D eigenvalue weighted by Gasteiger charge is 2.40. The molecule has 0 saturated heterocycles. The van der Waals surface area contributed by atoms with Gasteiger partial charge in [0.15, 0.2) is 0 Å². The van der Waals surface area contributed by atoms with Gasteiger partial charge in [0.25, 0.3) is 11.4 Å². The highest BCUT2D eigenvalue weighted by Crippen LogP contribution is 2.40. The number of oxime groups is 1. The van der Waals surface area contributed by atoms with Gasteiger partial charge in [-0.15, -0.1) is 0 Å². The van der Waals surface area contributed by atoms with Gasteiger partial charge in [0.05, 0.1) is 68.7 Å². The molecule has 0 saturated carbocycles. The van der Waals surface area contributed by atoms with Gasteiger partial charge in [-0.25, -0.2) is 14.0 Å². The Morgan fingerprint density at radius 3 is 2.12 bits per heavy atom. The maximum absolute atomic E-state index is 14.3. The van der Waals surface area contributed by atoms with Crippen LogP contribution in [0.5, 0.6) is 5.75 Å². The molecule has 17 heteroatoms. The molecule has 2 aromatic carbocycles. The second-order valence-corrected chi connectivity index (χ2v) is 8.20. The minimum Gasteiger partial charge on any atom is -0.463 e. The number of nitro benzene ring substituents is 3. The molecule has 0 bridgehead atoms. The zero-order valence-electron chi connectivity index (χ0n) is 22.0. The number of non-ortho nitro benzene ring substituents is 2. The number of carbonyl (C=O) groups is 2. The number of allylic oxidation sites excluding steroid dienone is 2. The topological polar surface area (TPSA) is 216 Å². The number of hydrogen-bond donors (Lipinski definition) is 1. The van der Waals surface area contributed by atoms with Gasteiger partial charge in [-0.2, -0.15) is 0 Å². The van der Waals surface area contributed by atoms with E-state index < -0.39 is 56.4 Å². The van der Waals surface area contributed by atoms with Crippen LogP contribution in [0.15, 0.2) is 70.2 Å². The second-order valence-electron chi connectivity index (χ2n) is 8.20. The lowest BCUT2D eigenvalue weighted by molar-refractivity contribution is -0.394. The van der Waals surface area contributed by atoms with Crippen molar-refractivity contribution in [3.05, 3.63) is 101 Å². The van der Waals surface area contributed by atoms with Gasteiger partial charge in [-0.3, -0.25) is 30.3 Å². The van der Waals surface area contributed by atoms with Crippen molar-refractivity contribution in [2.24, 2.45) is 5.16 Å². The number of nitrogens with one attached hydrogen (secondary N) is 1. The van der Waals surface area contributed by atoms with E-state index in [1.807, 2.05) is 0 Å². The molecule has 1 atom stereocenters. The van der Waals surface area contributed by atoms with Crippen molar-refractivity contribution in [1.82, 2.24) is 5.32 Å². The van der Waals surface area contributed by atoms with Crippen molar-refractivity contribution in [2.75, 3.05) is 19.9 Å². The maximum Gasteiger partial charge on any atom is 0.337 e. The van der Waals surface area contributed by atoms with Gasteiger partial charge >= 0.3 is 17.6 Å². The Labute approximate surface area is 235 Å². The largest absolute Gasteiger partial charge is 0.463 e. The van der Waals surface area contributed by atoms with E-state index in [2.05, 4.69) is 10.5 Å². The summed E-state index contributed by atoms with van der Waals surface area (Å²) in [5.41, 5.74) is -3.03. The molecule has 1 heterocycles. The van der Waals surface area contributed by atoms with Gasteiger partial charge in [0, 0.05) is 18.2 Å². The standard InChI is InChI=1S/C25H22FN5O11/c1-3-40-24(32)22-17(12-26)28-18(13-27-42-20-9-8-16(30(36)37)11-19(20)31(38)39)23(25(33)41-4-2)21(22)14-6-5-7-15(10-14)29(34)35/h5-11,13,21,28H,3-4,12H2,1-2H3. The molecule has 0 aliphatic carbocycles. The Morgan fingerprint density at radius 2 is 1.55 bits per heavy atom. The van der Waals surface area contributed by atoms with Crippen LogP contribution in [0.2, 0.25) is 0 Å². The van der Waals surface area contributed by atoms with E-state index in [-0.39, 0.29) is 47.0 Å². The molecule has 0 aromatic heterocycles. The third-order valence-corrected chi connectivity index (χ3v) is 5.70. The first kappa shape index (κ1) is 30.8. The zero-order chi connectivity index (χ0) is 31.0. The quantitative estimate of drug-likeness (QED) is 0.162. The molecule has 42 heavy (non-hydrogen) atoms. The summed E-state index contributed by atoms with van der Waals surface area (Å²) in [6.45, 7) is 1.48. The first-order chi connectivity index (χ1) is 20.0. The highest BCUT2D eigenvalue weighted by atomic mass is 19.1. The van der Waals surface area contributed by atoms with Crippen LogP contribution in [-0.4, -0.2) is 52.8 Å². The summed E-state index contributed by atoms with van der Waals surface area (Å²) in [7, 11) is 0. The lowest BCUT2D eigenvalue weighted by Gasteiger charge is -2.30. The van der Waals surface area contributed by atoms with Gasteiger partial charge in [-0.1, -0.05) is 17.3 Å². The normalized spacial score (nSPS) is 14.8. The molecule has 220 valence electrons. The number of hydrogen-bond acceptors (Lipinski definition) is 13. The average molecular weight is 587 g/mol. The number of esters is 2. The lowest BCUT2D eigenvalue weighted by Crippen LogP contribution is -2.35. The van der Waals surface area contributed by atoms with E-state index >= 15 is 0 Å². The fourth-order valence-electron chi connectivity index (χ4n) is 3.99. The molecule has 0 fully saturated rings. The van der Waals surface area contributed by atoms with Crippen LogP contribution in [0, 0.1) is 30.3 Å². The molecular formula is C25H22FN5O11. The van der Waals surface area contributed by atoms with Gasteiger partial charge in [0.2, 0.25) is 5.75 Å². The van der Waals surface area contributed by atoms with Crippen LogP contribution >= 0.6 is 0 Å². The summed E-state index contributed by atoms with van der Waals surface area (Å²) in [4.78, 5) is 62.7. The number of dihydropyridines is 1. The molecule has 1 aliphatic heterocycles. The first-order valence-corrected chi connectivity index (χ1v) is 12.1. The van der Waals surface area contributed by atoms with Crippen LogP contribution in [0.3, 0.4) is 0 Å². The molecule has 0 spiro atoms. The molecule has 0 radical (unpaired) electrons. The van der Waals surface area contributed by atoms with E-state index in [1.54, 1.807) is 0 Å². The SMILES string of the molecule is CCOC(=O)C1=C(C=NOc2ccc([N+](=O)[O-])cc2[N+](=O)[O-])NC(CF)=C(C(=O)OCC)C1c1cccc([N+](=O)[O-])c1. The molecule has 1 N–H and O–H groups in total. The molecular weight excluding hydrogens is 565 g/mol. The summed E-state index contributed by atoms with van der Waals surface area (Å²) in [6.07, 6.45) is 0.847. The van der Waals surface area contributed by atoms with Crippen LogP contribution in [0.1, 0.15) is 25.3 Å². The Morgan fingerprint density at radius 1 is 0.929 bits per heavy atom. The average Bonchev–Trinajstić information content (AvgIpc) is 2.96. The number of nitro groups is 3. The number of ether oxygens (including phenoxy) is 2. The van der Waals surface area contributed by atoms with Gasteiger partial charge < -0.3 is 19.6 Å². The summed E-state index contributed by atoms with van der Waals surface area (Å²) in [5, 5.41) is 40.1. The van der Waals surface area contributed by atoms with E-state index in [9.17, 15) is 44.3 Å². The predicted molar refractivity (Wildman–Crippen MR) is 141 cm³/mol. The monoisotopic (exact) mass is 587 g/mol. The van der Waals surface area contributed by atoms with Gasteiger partial charge in [0.1, 0.15) is 6.67 Å². The van der Waals surface area contributed by atoms with Crippen molar-refractivity contribution in [3.8, 4) is 5.75 Å². The molecule has 2 aromatic rings. The number of nitrogens with zero attached hydrogens (tertiary/aromatic N) is 4. The minimum atomic E-state index is -1.44. The smallest absolute Gasteiger partial charge is 0.337 e. The number of rotatable bonds is 12. The minimum absolute atomic E-state index is 0.0422. The molecule has 1 unspecified atom stereocenters. The van der Waals surface area contributed by atoms with E-state index in [4.69, 9.17) is 14.3 Å². The van der Waals surface area contributed by atoms with Crippen LogP contribution in [-0.2, 0) is 19.1 Å². The van der Waals surface area contributed by atoms with Crippen LogP contribution in [0.25, 0.3) is 0 Å². The summed E-state index contributed by atoms with van der Waals surface area (Å²) >= 11 is 0. The van der Waals surface area contributed by atoms with Crippen LogP contribution < -0.4 is 10.2 Å². The Kier molecular flexibility index (Phi) is 9.94. The Hall–Kier alpha value is -5.74. The zero-order valence-corrected chi connectivity index (χ0v) is 22.0. The van der Waals surface area contributed by atoms with Crippen LogP contribution in [0.4, 0.5) is 21.5 Å². The third kappa shape index (κ3) is 6.69. The fourth-order valence-corrected chi connectivity index (χ4v) is 3.99. The van der Waals surface area contributed by atoms with Gasteiger partial charge in [-0.05, 0) is 25.5 Å². The fraction of sp³-hybridized carbons (Fsp3) is 0.240. The number of carbonyl (C=O) groups excluding carboxylic acids is 2. The Bertz CT molecular complexity index is 1540. The number of halogens is 1. The highest BCUT2D eigenvalue weighted by molar-refractivity contribution is 6.04. The molecule has 1 aliphatic rings. The number of benzene rings is 2. The molecule has 16 nitrogen and oxygen atoms in total. The molecule has 3 rings (SSSR count). The van der Waals surface area contributed by atoms with Crippen molar-refractivity contribution in [3.63, 3.8) is 0 Å². The lowest BCUT2D eigenvalue weighted by atomic mass is 9.80. The summed E-state index contributed by atoms with van der Waals surface area (Å²) < 4.78 is 24.6. The van der Waals surface area contributed by atoms with E-state index in [0.29, 0.717) is 6.07 Å². The third-order valence-electron chi connectivity index (χ3n) is 5.70. The van der Waals surface area contributed by atoms with Crippen molar-refractivity contribution in [1.29, 1.82) is 0 Å². The van der Waals surface area contributed by atoms with E-state index in [0.717, 1.165) is 24.4 Å². The van der Waals surface area contributed by atoms with Crippen molar-refractivity contribution >= 4 is 35.2 Å². The second kappa shape index (κ2) is 13.6. The Balaban J connectivity index is 2.21. The van der Waals surface area contributed by atoms with Crippen molar-refractivity contribution < 1.29 is 43.1 Å². The first-order valence-electron chi connectivity index (χ1n) is 12.1. The van der Waals surface area contributed by atoms with Crippen molar-refractivity contribution in [2.45, 2.75) is 19.8 Å². The number of alkyl halides is 1. The van der Waals surface area contributed by atoms with E-state index in [1.165, 1.54) is 32.0 Å². The molecule has 0 amide bonds. The predicted octanol–water partition coefficient (Wildman–Crippen LogP) is 3.77. The maximum atomic E-state index is 14.3.